The third-order valence-corrected chi connectivity index (χ3v) is 4.90. The van der Waals surface area contributed by atoms with Crippen LogP contribution in [-0.2, 0) is 23.1 Å². The quantitative estimate of drug-likeness (QED) is 0.791. The summed E-state index contributed by atoms with van der Waals surface area (Å²) in [4.78, 5) is 11.1. The second-order valence-corrected chi connectivity index (χ2v) is 8.45. The Hall–Kier alpha value is -1.71. The number of ether oxygens (including phenoxy) is 1. The molecular weight excluding hydrogens is 316 g/mol. The van der Waals surface area contributed by atoms with Gasteiger partial charge in [-0.25, -0.2) is 0 Å². The van der Waals surface area contributed by atoms with Gasteiger partial charge in [-0.15, -0.1) is 0 Å². The molecule has 0 aromatic heterocycles. The van der Waals surface area contributed by atoms with Gasteiger partial charge < -0.3 is 14.9 Å². The van der Waals surface area contributed by atoms with Crippen molar-refractivity contribution >= 4 is 5.97 Å². The van der Waals surface area contributed by atoms with Crippen molar-refractivity contribution in [3.63, 3.8) is 0 Å². The van der Waals surface area contributed by atoms with Gasteiger partial charge >= 0.3 is 5.97 Å². The van der Waals surface area contributed by atoms with E-state index >= 15 is 0 Å². The molecule has 2 rings (SSSR count). The zero-order valence-corrected chi connectivity index (χ0v) is 16.4. The second kappa shape index (κ2) is 7.27. The van der Waals surface area contributed by atoms with Crippen LogP contribution in [0, 0.1) is 0 Å². The summed E-state index contributed by atoms with van der Waals surface area (Å²) in [6.07, 6.45) is 2.93. The van der Waals surface area contributed by atoms with E-state index in [2.05, 4.69) is 41.5 Å². The average Bonchev–Trinajstić information content (AvgIpc) is 2.45. The number of aromatic hydroxyl groups is 1. The maximum atomic E-state index is 11.1. The monoisotopic (exact) mass is 348 g/mol. The minimum absolute atomic E-state index is 0.0216. The predicted octanol–water partition coefficient (Wildman–Crippen LogP) is 4.93. The molecule has 0 aliphatic carbocycles. The highest BCUT2D eigenvalue weighted by atomic mass is 16.5. The second-order valence-electron chi connectivity index (χ2n) is 8.45. The molecule has 2 N–H and O–H groups in total. The zero-order chi connectivity index (χ0) is 18.9. The van der Waals surface area contributed by atoms with Gasteiger partial charge in [0.25, 0.3) is 0 Å². The molecule has 4 heteroatoms. The van der Waals surface area contributed by atoms with Gasteiger partial charge in [0.15, 0.2) is 0 Å². The SMILES string of the molecule is CCCc1c2c(c(C(C)C)c(O)c1C(C)(C)C)CCC(CC(=O)O)O2. The number of fused-ring (bicyclic) bond motifs is 1. The number of hydrogen-bond donors (Lipinski definition) is 2. The number of hydrogen-bond acceptors (Lipinski definition) is 3. The fraction of sp³-hybridized carbons (Fsp3) is 0.667. The van der Waals surface area contributed by atoms with Crippen LogP contribution >= 0.6 is 0 Å². The Morgan fingerprint density at radius 1 is 1.32 bits per heavy atom. The third-order valence-electron chi connectivity index (χ3n) is 4.90. The summed E-state index contributed by atoms with van der Waals surface area (Å²) in [5.41, 5.74) is 3.84. The van der Waals surface area contributed by atoms with Gasteiger partial charge in [-0.1, -0.05) is 48.0 Å². The summed E-state index contributed by atoms with van der Waals surface area (Å²) in [5.74, 6) is 0.602. The summed E-state index contributed by atoms with van der Waals surface area (Å²) >= 11 is 0. The molecule has 0 bridgehead atoms. The standard InChI is InChI=1S/C21H32O4/c1-7-8-15-18(21(4,5)6)19(24)17(12(2)3)14-10-9-13(11-16(22)23)25-20(14)15/h12-13,24H,7-11H2,1-6H3,(H,22,23). The van der Waals surface area contributed by atoms with Crippen LogP contribution in [0.4, 0.5) is 0 Å². The maximum Gasteiger partial charge on any atom is 0.307 e. The number of benzene rings is 1. The molecule has 0 saturated carbocycles. The normalized spacial score (nSPS) is 17.3. The molecule has 0 saturated heterocycles. The van der Waals surface area contributed by atoms with E-state index < -0.39 is 5.97 Å². The van der Waals surface area contributed by atoms with Crippen LogP contribution < -0.4 is 4.74 Å². The highest BCUT2D eigenvalue weighted by Crippen LogP contribution is 2.49. The largest absolute Gasteiger partial charge is 0.507 e. The van der Waals surface area contributed by atoms with Gasteiger partial charge in [-0.05, 0) is 30.6 Å². The van der Waals surface area contributed by atoms with Crippen molar-refractivity contribution < 1.29 is 19.7 Å². The Balaban J connectivity index is 2.72. The fourth-order valence-corrected chi connectivity index (χ4v) is 4.02. The van der Waals surface area contributed by atoms with E-state index in [9.17, 15) is 9.90 Å². The Morgan fingerprint density at radius 3 is 2.44 bits per heavy atom. The van der Waals surface area contributed by atoms with Crippen LogP contribution in [0.2, 0.25) is 0 Å². The van der Waals surface area contributed by atoms with E-state index in [0.717, 1.165) is 47.3 Å². The maximum absolute atomic E-state index is 11.1. The number of rotatable bonds is 5. The molecule has 1 aromatic carbocycles. The summed E-state index contributed by atoms with van der Waals surface area (Å²) < 4.78 is 6.22. The molecule has 0 radical (unpaired) electrons. The molecule has 1 unspecified atom stereocenters. The van der Waals surface area contributed by atoms with Gasteiger partial charge in [0, 0.05) is 22.3 Å². The first-order valence-electron chi connectivity index (χ1n) is 9.37. The third kappa shape index (κ3) is 3.94. The number of carbonyl (C=O) groups is 1. The number of phenols is 1. The summed E-state index contributed by atoms with van der Waals surface area (Å²) in [6, 6.07) is 0. The minimum Gasteiger partial charge on any atom is -0.507 e. The van der Waals surface area contributed by atoms with Crippen LogP contribution in [0.3, 0.4) is 0 Å². The van der Waals surface area contributed by atoms with Crippen molar-refractivity contribution in [1.82, 2.24) is 0 Å². The molecule has 4 nitrogen and oxygen atoms in total. The molecule has 0 spiro atoms. The van der Waals surface area contributed by atoms with Gasteiger partial charge in [0.1, 0.15) is 17.6 Å². The molecule has 25 heavy (non-hydrogen) atoms. The average molecular weight is 348 g/mol. The highest BCUT2D eigenvalue weighted by Gasteiger charge is 2.34. The van der Waals surface area contributed by atoms with E-state index in [0.29, 0.717) is 12.2 Å². The Bertz CT molecular complexity index is 653. The molecule has 1 atom stereocenters. The van der Waals surface area contributed by atoms with Crippen LogP contribution in [0.15, 0.2) is 0 Å². The van der Waals surface area contributed by atoms with Gasteiger partial charge in [-0.2, -0.15) is 0 Å². The number of carboxylic acids is 1. The van der Waals surface area contributed by atoms with E-state index in [4.69, 9.17) is 9.84 Å². The lowest BCUT2D eigenvalue weighted by molar-refractivity contribution is -0.139. The first-order valence-corrected chi connectivity index (χ1v) is 9.37. The zero-order valence-electron chi connectivity index (χ0n) is 16.4. The van der Waals surface area contributed by atoms with Crippen LogP contribution in [0.25, 0.3) is 0 Å². The highest BCUT2D eigenvalue weighted by molar-refractivity contribution is 5.68. The van der Waals surface area contributed by atoms with Gasteiger partial charge in [0.2, 0.25) is 0 Å². The lowest BCUT2D eigenvalue weighted by Gasteiger charge is -2.35. The van der Waals surface area contributed by atoms with Crippen molar-refractivity contribution in [1.29, 1.82) is 0 Å². The number of aliphatic carboxylic acids is 1. The van der Waals surface area contributed by atoms with Crippen molar-refractivity contribution in [3.8, 4) is 11.5 Å². The van der Waals surface area contributed by atoms with E-state index in [1.165, 1.54) is 0 Å². The molecule has 0 amide bonds. The first-order chi connectivity index (χ1) is 11.6. The fourth-order valence-electron chi connectivity index (χ4n) is 4.02. The van der Waals surface area contributed by atoms with Crippen molar-refractivity contribution in [2.75, 3.05) is 0 Å². The van der Waals surface area contributed by atoms with E-state index in [1.54, 1.807) is 0 Å². The molecule has 1 aliphatic rings. The van der Waals surface area contributed by atoms with Gasteiger partial charge in [0.05, 0.1) is 6.42 Å². The topological polar surface area (TPSA) is 66.8 Å². The van der Waals surface area contributed by atoms with Crippen LogP contribution in [0.1, 0.15) is 89.0 Å². The lowest BCUT2D eigenvalue weighted by Crippen LogP contribution is -2.29. The Labute approximate surface area is 151 Å². The smallest absolute Gasteiger partial charge is 0.307 e. The van der Waals surface area contributed by atoms with Crippen LogP contribution in [-0.4, -0.2) is 22.3 Å². The number of carboxylic acid groups (broad SMARTS) is 1. The van der Waals surface area contributed by atoms with Crippen molar-refractivity contribution in [2.24, 2.45) is 0 Å². The Morgan fingerprint density at radius 2 is 1.96 bits per heavy atom. The lowest BCUT2D eigenvalue weighted by atomic mass is 9.76. The molecule has 1 aromatic rings. The number of phenolic OH excluding ortho intramolecular Hbond substituents is 1. The van der Waals surface area contributed by atoms with Crippen LogP contribution in [0.5, 0.6) is 11.5 Å². The summed E-state index contributed by atoms with van der Waals surface area (Å²) in [6.45, 7) is 12.6. The first kappa shape index (κ1) is 19.6. The Kier molecular flexibility index (Phi) is 5.70. The molecule has 140 valence electrons. The van der Waals surface area contributed by atoms with Crippen molar-refractivity contribution in [2.45, 2.75) is 91.1 Å². The molecule has 1 aliphatic heterocycles. The summed E-state index contributed by atoms with van der Waals surface area (Å²) in [5, 5.41) is 20.3. The molecule has 1 heterocycles. The van der Waals surface area contributed by atoms with Crippen molar-refractivity contribution in [3.05, 3.63) is 22.3 Å². The molecular formula is C21H32O4. The van der Waals surface area contributed by atoms with Gasteiger partial charge in [-0.3, -0.25) is 4.79 Å². The predicted molar refractivity (Wildman–Crippen MR) is 99.9 cm³/mol. The molecule has 0 fully saturated rings. The van der Waals surface area contributed by atoms with E-state index in [-0.39, 0.29) is 23.9 Å². The minimum atomic E-state index is -0.829. The summed E-state index contributed by atoms with van der Waals surface area (Å²) in [7, 11) is 0. The van der Waals surface area contributed by atoms with E-state index in [1.807, 2.05) is 0 Å².